The monoisotopic (exact) mass is 383 g/mol. The predicted molar refractivity (Wildman–Crippen MR) is 99.6 cm³/mol. The minimum Gasteiger partial charge on any atom is -0.481 e. The van der Waals surface area contributed by atoms with Gasteiger partial charge in [-0.15, -0.1) is 0 Å². The Morgan fingerprint density at radius 3 is 2.29 bits per heavy atom. The molecule has 0 aliphatic rings. The first kappa shape index (κ1) is 16.5. The van der Waals surface area contributed by atoms with Gasteiger partial charge in [0.25, 0.3) is 0 Å². The molecule has 3 rings (SSSR count). The van der Waals surface area contributed by atoms with E-state index in [-0.39, 0.29) is 6.42 Å². The van der Waals surface area contributed by atoms with Crippen LogP contribution in [0.1, 0.15) is 17.7 Å². The van der Waals surface area contributed by atoms with Crippen LogP contribution in [0.15, 0.2) is 65.1 Å². The number of aromatic nitrogens is 1. The maximum atomic E-state index is 11.0. The first-order valence-corrected chi connectivity index (χ1v) is 8.59. The highest BCUT2D eigenvalue weighted by Crippen LogP contribution is 2.28. The molecule has 0 atom stereocenters. The zero-order valence-corrected chi connectivity index (χ0v) is 15.0. The normalized spacial score (nSPS) is 10.8. The number of carboxylic acids is 1. The molecule has 3 nitrogen and oxygen atoms in total. The highest BCUT2D eigenvalue weighted by molar-refractivity contribution is 9.10. The molecule has 0 saturated heterocycles. The zero-order chi connectivity index (χ0) is 17.1. The molecule has 0 bridgehead atoms. The van der Waals surface area contributed by atoms with Gasteiger partial charge in [-0.1, -0.05) is 45.8 Å². The lowest BCUT2D eigenvalue weighted by Crippen LogP contribution is -2.05. The van der Waals surface area contributed by atoms with Crippen LogP contribution in [0.5, 0.6) is 0 Å². The number of benzene rings is 2. The molecule has 0 spiro atoms. The smallest absolute Gasteiger partial charge is 0.303 e. The van der Waals surface area contributed by atoms with Crippen LogP contribution < -0.4 is 0 Å². The number of aryl methyl sites for hydroxylation is 2. The fourth-order valence-corrected chi connectivity index (χ4v) is 3.02. The average Bonchev–Trinajstić information content (AvgIpc) is 2.98. The number of nitrogens with zero attached hydrogens (tertiary/aromatic N) is 1. The first-order chi connectivity index (χ1) is 11.5. The van der Waals surface area contributed by atoms with Crippen molar-refractivity contribution in [2.45, 2.75) is 19.8 Å². The van der Waals surface area contributed by atoms with E-state index in [1.54, 1.807) is 0 Å². The number of halogens is 1. The fraction of sp³-hybridized carbons (Fsp3) is 0.150. The Bertz CT molecular complexity index is 848. The van der Waals surface area contributed by atoms with E-state index >= 15 is 0 Å². The molecule has 122 valence electrons. The Labute approximate surface area is 149 Å². The number of aliphatic carboxylic acids is 1. The number of carboxylic acid groups (broad SMARTS) is 1. The van der Waals surface area contributed by atoms with Crippen LogP contribution >= 0.6 is 15.9 Å². The Morgan fingerprint density at radius 2 is 1.67 bits per heavy atom. The van der Waals surface area contributed by atoms with Crippen LogP contribution in [0, 0.1) is 6.92 Å². The molecule has 1 heterocycles. The Hall–Kier alpha value is -2.33. The topological polar surface area (TPSA) is 42.2 Å². The van der Waals surface area contributed by atoms with Crippen LogP contribution in [-0.4, -0.2) is 15.6 Å². The summed E-state index contributed by atoms with van der Waals surface area (Å²) in [5.74, 6) is -0.782. The zero-order valence-electron chi connectivity index (χ0n) is 13.4. The molecule has 0 radical (unpaired) electrons. The third-order valence-electron chi connectivity index (χ3n) is 3.99. The number of hydrogen-bond acceptors (Lipinski definition) is 1. The van der Waals surface area contributed by atoms with Gasteiger partial charge in [-0.3, -0.25) is 4.79 Å². The van der Waals surface area contributed by atoms with Crippen molar-refractivity contribution < 1.29 is 9.90 Å². The summed E-state index contributed by atoms with van der Waals surface area (Å²) >= 11 is 3.46. The standard InChI is InChI=1S/C20H18BrNO2/c1-14-2-4-15(5-3-14)19-12-10-18(11-13-20(23)24)22(19)17-8-6-16(21)7-9-17/h2-10,12H,11,13H2,1H3,(H,23,24). The van der Waals surface area contributed by atoms with Gasteiger partial charge in [0.1, 0.15) is 0 Å². The third kappa shape index (κ3) is 3.60. The van der Waals surface area contributed by atoms with Gasteiger partial charge >= 0.3 is 5.97 Å². The largest absolute Gasteiger partial charge is 0.481 e. The minimum absolute atomic E-state index is 0.119. The van der Waals surface area contributed by atoms with Crippen LogP contribution in [0.4, 0.5) is 0 Å². The lowest BCUT2D eigenvalue weighted by atomic mass is 10.1. The van der Waals surface area contributed by atoms with Crippen molar-refractivity contribution in [2.24, 2.45) is 0 Å². The van der Waals surface area contributed by atoms with Crippen LogP contribution in [0.25, 0.3) is 16.9 Å². The van der Waals surface area contributed by atoms with Gasteiger partial charge in [0.15, 0.2) is 0 Å². The van der Waals surface area contributed by atoms with E-state index in [0.29, 0.717) is 6.42 Å². The summed E-state index contributed by atoms with van der Waals surface area (Å²) in [5.41, 5.74) is 5.42. The summed E-state index contributed by atoms with van der Waals surface area (Å²) in [7, 11) is 0. The second-order valence-corrected chi connectivity index (χ2v) is 6.70. The molecule has 4 heteroatoms. The van der Waals surface area contributed by atoms with Crippen LogP contribution in [0.3, 0.4) is 0 Å². The molecule has 1 aromatic heterocycles. The van der Waals surface area contributed by atoms with Gasteiger partial charge in [-0.25, -0.2) is 0 Å². The fourth-order valence-electron chi connectivity index (χ4n) is 2.75. The maximum Gasteiger partial charge on any atom is 0.303 e. The summed E-state index contributed by atoms with van der Waals surface area (Å²) in [4.78, 5) is 11.0. The molecular weight excluding hydrogens is 366 g/mol. The lowest BCUT2D eigenvalue weighted by Gasteiger charge is -2.14. The highest BCUT2D eigenvalue weighted by atomic mass is 79.9. The minimum atomic E-state index is -0.782. The summed E-state index contributed by atoms with van der Waals surface area (Å²) in [6, 6.07) is 20.5. The molecule has 0 amide bonds. The maximum absolute atomic E-state index is 11.0. The van der Waals surface area contributed by atoms with E-state index in [2.05, 4.69) is 57.8 Å². The van der Waals surface area contributed by atoms with Gasteiger partial charge in [-0.2, -0.15) is 0 Å². The quantitative estimate of drug-likeness (QED) is 0.654. The molecule has 0 fully saturated rings. The van der Waals surface area contributed by atoms with E-state index in [9.17, 15) is 4.79 Å². The first-order valence-electron chi connectivity index (χ1n) is 7.80. The number of rotatable bonds is 5. The van der Waals surface area contributed by atoms with Crippen molar-refractivity contribution >= 4 is 21.9 Å². The molecule has 0 aliphatic carbocycles. The van der Waals surface area contributed by atoms with Crippen molar-refractivity contribution in [1.29, 1.82) is 0 Å². The average molecular weight is 384 g/mol. The molecular formula is C20H18BrNO2. The van der Waals surface area contributed by atoms with E-state index < -0.39 is 5.97 Å². The molecule has 24 heavy (non-hydrogen) atoms. The van der Waals surface area contributed by atoms with Gasteiger partial charge in [-0.05, 0) is 55.3 Å². The SMILES string of the molecule is Cc1ccc(-c2ccc(CCC(=O)O)n2-c2ccc(Br)cc2)cc1. The molecule has 3 aromatic rings. The van der Waals surface area contributed by atoms with Gasteiger partial charge in [0, 0.05) is 15.9 Å². The number of carbonyl (C=O) groups is 1. The van der Waals surface area contributed by atoms with Gasteiger partial charge in [0.05, 0.1) is 12.1 Å². The highest BCUT2D eigenvalue weighted by Gasteiger charge is 2.13. The Balaban J connectivity index is 2.09. The molecule has 1 N–H and O–H groups in total. The third-order valence-corrected chi connectivity index (χ3v) is 4.52. The van der Waals surface area contributed by atoms with Crippen LogP contribution in [-0.2, 0) is 11.2 Å². The summed E-state index contributed by atoms with van der Waals surface area (Å²) in [6.45, 7) is 2.07. The second-order valence-electron chi connectivity index (χ2n) is 5.78. The molecule has 0 unspecified atom stereocenters. The van der Waals surface area contributed by atoms with E-state index in [1.807, 2.05) is 30.3 Å². The summed E-state index contributed by atoms with van der Waals surface area (Å²) < 4.78 is 3.16. The predicted octanol–water partition coefficient (Wildman–Crippen LogP) is 5.23. The molecule has 0 aliphatic heterocycles. The van der Waals surface area contributed by atoms with Crippen molar-refractivity contribution in [3.63, 3.8) is 0 Å². The van der Waals surface area contributed by atoms with Gasteiger partial charge < -0.3 is 9.67 Å². The van der Waals surface area contributed by atoms with Crippen molar-refractivity contribution in [1.82, 2.24) is 4.57 Å². The summed E-state index contributed by atoms with van der Waals surface area (Å²) in [6.07, 6.45) is 0.616. The Kier molecular flexibility index (Phi) is 4.86. The number of hydrogen-bond donors (Lipinski definition) is 1. The van der Waals surface area contributed by atoms with Crippen molar-refractivity contribution in [3.05, 3.63) is 76.4 Å². The van der Waals surface area contributed by atoms with Crippen LogP contribution in [0.2, 0.25) is 0 Å². The van der Waals surface area contributed by atoms with E-state index in [1.165, 1.54) is 5.56 Å². The van der Waals surface area contributed by atoms with E-state index in [0.717, 1.165) is 27.1 Å². The van der Waals surface area contributed by atoms with E-state index in [4.69, 9.17) is 5.11 Å². The van der Waals surface area contributed by atoms with Crippen molar-refractivity contribution in [3.8, 4) is 16.9 Å². The Morgan fingerprint density at radius 1 is 1.00 bits per heavy atom. The van der Waals surface area contributed by atoms with Gasteiger partial charge in [0.2, 0.25) is 0 Å². The van der Waals surface area contributed by atoms with Crippen molar-refractivity contribution in [2.75, 3.05) is 0 Å². The second kappa shape index (κ2) is 7.05. The summed E-state index contributed by atoms with van der Waals surface area (Å²) in [5, 5.41) is 9.01. The lowest BCUT2D eigenvalue weighted by molar-refractivity contribution is -0.136. The molecule has 2 aromatic carbocycles. The molecule has 0 saturated carbocycles.